The van der Waals surface area contributed by atoms with Crippen molar-refractivity contribution in [1.29, 1.82) is 0 Å². The second-order valence-electron chi connectivity index (χ2n) is 6.13. The molecule has 0 bridgehead atoms. The van der Waals surface area contributed by atoms with Crippen LogP contribution in [0.3, 0.4) is 0 Å². The molecule has 1 aliphatic rings. The maximum Gasteiger partial charge on any atom is 0.263 e. The number of hydrogen-bond donors (Lipinski definition) is 2. The maximum atomic E-state index is 12.5. The van der Waals surface area contributed by atoms with Crippen LogP contribution in [0.4, 0.5) is 0 Å². The minimum atomic E-state index is -3.62. The molecule has 1 unspecified atom stereocenters. The number of fused-ring (bicyclic) bond motifs is 1. The maximum absolute atomic E-state index is 12.5. The van der Waals surface area contributed by atoms with Crippen LogP contribution < -0.4 is 10.0 Å². The second kappa shape index (κ2) is 10.4. The zero-order chi connectivity index (χ0) is 19.7. The Balaban J connectivity index is 2.06. The van der Waals surface area contributed by atoms with Crippen molar-refractivity contribution in [2.45, 2.75) is 37.1 Å². The lowest BCUT2D eigenvalue weighted by Crippen LogP contribution is -2.37. The molecule has 9 heteroatoms. The van der Waals surface area contributed by atoms with E-state index in [0.29, 0.717) is 38.3 Å². The molecule has 150 valence electrons. The lowest BCUT2D eigenvalue weighted by atomic mass is 10.1. The Morgan fingerprint density at radius 3 is 2.78 bits per heavy atom. The quantitative estimate of drug-likeness (QED) is 0.543. The summed E-state index contributed by atoms with van der Waals surface area (Å²) in [7, 11) is -2.03. The normalized spacial score (nSPS) is 17.3. The largest absolute Gasteiger partial charge is 0.382 e. The number of nitrogens with zero attached hydrogens (tertiary/aromatic N) is 1. The van der Waals surface area contributed by atoms with E-state index in [-0.39, 0.29) is 16.6 Å². The van der Waals surface area contributed by atoms with E-state index < -0.39 is 16.1 Å². The van der Waals surface area contributed by atoms with Crippen molar-refractivity contribution in [2.75, 3.05) is 33.5 Å². The van der Waals surface area contributed by atoms with Crippen LogP contribution in [-0.2, 0) is 24.3 Å². The molecule has 1 aromatic rings. The molecule has 1 aliphatic heterocycles. The number of sulfonamides is 1. The summed E-state index contributed by atoms with van der Waals surface area (Å²) in [5.74, 6) is -0.0203. The van der Waals surface area contributed by atoms with Crippen LogP contribution in [-0.4, -0.2) is 59.7 Å². The summed E-state index contributed by atoms with van der Waals surface area (Å²) in [5.41, 5.74) is 0.495. The highest BCUT2D eigenvalue weighted by Gasteiger charge is 2.31. The predicted molar refractivity (Wildman–Crippen MR) is 102 cm³/mol. The lowest BCUT2D eigenvalue weighted by Gasteiger charge is -2.14. The fourth-order valence-electron chi connectivity index (χ4n) is 2.65. The summed E-state index contributed by atoms with van der Waals surface area (Å²) in [6.07, 6.45) is 2.27. The molecule has 2 N–H and O–H groups in total. The van der Waals surface area contributed by atoms with Gasteiger partial charge in [0.15, 0.2) is 0 Å². The Morgan fingerprint density at radius 1 is 1.26 bits per heavy atom. The molecule has 0 aromatic heterocycles. The highest BCUT2D eigenvalue weighted by molar-refractivity contribution is 7.90. The topological polar surface area (TPSA) is 106 Å². The third-order valence-corrected chi connectivity index (χ3v) is 5.46. The summed E-state index contributed by atoms with van der Waals surface area (Å²) in [4.78, 5) is 17.1. The van der Waals surface area contributed by atoms with Crippen molar-refractivity contribution >= 4 is 21.8 Å². The fourth-order valence-corrected chi connectivity index (χ4v) is 3.88. The van der Waals surface area contributed by atoms with Crippen molar-refractivity contribution < 1.29 is 22.7 Å². The zero-order valence-corrected chi connectivity index (χ0v) is 16.5. The molecule has 2 rings (SSSR count). The third kappa shape index (κ3) is 6.02. The first-order valence-corrected chi connectivity index (χ1v) is 10.5. The number of aliphatic imine (C=N–C) groups is 1. The van der Waals surface area contributed by atoms with Gasteiger partial charge in [-0.05, 0) is 18.6 Å². The number of carbonyl (C=O) groups is 1. The average Bonchev–Trinajstić information content (AvgIpc) is 2.92. The van der Waals surface area contributed by atoms with E-state index in [9.17, 15) is 13.2 Å². The molecule has 1 heterocycles. The number of amidine groups is 1. The average molecular weight is 397 g/mol. The van der Waals surface area contributed by atoms with Gasteiger partial charge in [0.25, 0.3) is 10.0 Å². The van der Waals surface area contributed by atoms with E-state index in [2.05, 4.69) is 15.0 Å². The number of hydrogen-bond acceptors (Lipinski definition) is 6. The lowest BCUT2D eigenvalue weighted by molar-refractivity contribution is -0.122. The minimum Gasteiger partial charge on any atom is -0.382 e. The molecule has 0 saturated heterocycles. The van der Waals surface area contributed by atoms with E-state index in [4.69, 9.17) is 9.47 Å². The van der Waals surface area contributed by atoms with E-state index in [0.717, 1.165) is 12.8 Å². The van der Waals surface area contributed by atoms with Crippen LogP contribution in [0.25, 0.3) is 0 Å². The van der Waals surface area contributed by atoms with Gasteiger partial charge in [-0.2, -0.15) is 0 Å². The number of ether oxygens (including phenoxy) is 2. The SMILES string of the molecule is CCCCC(N=C1NS(=O)(=O)c2ccccc21)C(=O)NCCOCCOC. The Bertz CT molecular complexity index is 764. The number of carbonyl (C=O) groups excluding carboxylic acids is 1. The molecule has 0 aliphatic carbocycles. The van der Waals surface area contributed by atoms with Crippen LogP contribution in [0.15, 0.2) is 34.2 Å². The van der Waals surface area contributed by atoms with Crippen LogP contribution in [0.1, 0.15) is 31.7 Å². The van der Waals surface area contributed by atoms with Crippen molar-refractivity contribution in [3.63, 3.8) is 0 Å². The van der Waals surface area contributed by atoms with Crippen LogP contribution in [0.5, 0.6) is 0 Å². The molecule has 27 heavy (non-hydrogen) atoms. The van der Waals surface area contributed by atoms with E-state index in [1.807, 2.05) is 6.92 Å². The van der Waals surface area contributed by atoms with E-state index in [1.54, 1.807) is 25.3 Å². The summed E-state index contributed by atoms with van der Waals surface area (Å²) in [5, 5.41) is 2.80. The Kier molecular flexibility index (Phi) is 8.21. The standard InChI is InChI=1S/C18H27N3O5S/c1-3-4-8-15(18(22)19-10-11-26-13-12-25-2)20-17-14-7-5-6-9-16(14)27(23,24)21-17/h5-7,9,15H,3-4,8,10-13H2,1-2H3,(H,19,22)(H,20,21). The van der Waals surface area contributed by atoms with Gasteiger partial charge in [-0.3, -0.25) is 14.5 Å². The molecule has 0 radical (unpaired) electrons. The molecule has 0 spiro atoms. The Morgan fingerprint density at radius 2 is 2.04 bits per heavy atom. The van der Waals surface area contributed by atoms with Gasteiger partial charge in [0.05, 0.1) is 24.7 Å². The minimum absolute atomic E-state index is 0.185. The molecule has 8 nitrogen and oxygen atoms in total. The zero-order valence-electron chi connectivity index (χ0n) is 15.7. The molecule has 0 saturated carbocycles. The first-order chi connectivity index (χ1) is 13.0. The number of unbranched alkanes of at least 4 members (excludes halogenated alkanes) is 1. The fraction of sp³-hybridized carbons (Fsp3) is 0.556. The van der Waals surface area contributed by atoms with Gasteiger partial charge in [-0.15, -0.1) is 0 Å². The van der Waals surface area contributed by atoms with Gasteiger partial charge >= 0.3 is 0 Å². The van der Waals surface area contributed by atoms with Gasteiger partial charge in [0, 0.05) is 19.2 Å². The highest BCUT2D eigenvalue weighted by Crippen LogP contribution is 2.23. The van der Waals surface area contributed by atoms with Gasteiger partial charge in [0.2, 0.25) is 5.91 Å². The molecule has 1 atom stereocenters. The van der Waals surface area contributed by atoms with E-state index >= 15 is 0 Å². The van der Waals surface area contributed by atoms with Crippen LogP contribution in [0.2, 0.25) is 0 Å². The summed E-state index contributed by atoms with van der Waals surface area (Å²) >= 11 is 0. The summed E-state index contributed by atoms with van der Waals surface area (Å²) in [6, 6.07) is 5.96. The number of amides is 1. The van der Waals surface area contributed by atoms with Gasteiger partial charge in [0.1, 0.15) is 11.9 Å². The smallest absolute Gasteiger partial charge is 0.263 e. The number of methoxy groups -OCH3 is 1. The third-order valence-electron chi connectivity index (χ3n) is 4.06. The van der Waals surface area contributed by atoms with Gasteiger partial charge in [-0.1, -0.05) is 31.9 Å². The monoisotopic (exact) mass is 397 g/mol. The Hall–Kier alpha value is -1.97. The molecular formula is C18H27N3O5S. The van der Waals surface area contributed by atoms with Crippen molar-refractivity contribution in [3.05, 3.63) is 29.8 Å². The summed E-state index contributed by atoms with van der Waals surface area (Å²) in [6.45, 7) is 3.73. The first-order valence-electron chi connectivity index (χ1n) is 9.04. The first kappa shape index (κ1) is 21.3. The number of benzene rings is 1. The molecule has 0 fully saturated rings. The Labute approximate surface area is 160 Å². The van der Waals surface area contributed by atoms with Crippen molar-refractivity contribution in [2.24, 2.45) is 4.99 Å². The highest BCUT2D eigenvalue weighted by atomic mass is 32.2. The van der Waals surface area contributed by atoms with Gasteiger partial charge in [-0.25, -0.2) is 8.42 Å². The second-order valence-corrected chi connectivity index (χ2v) is 7.78. The van der Waals surface area contributed by atoms with Gasteiger partial charge < -0.3 is 14.8 Å². The molecule has 1 amide bonds. The number of nitrogens with one attached hydrogen (secondary N) is 2. The van der Waals surface area contributed by atoms with Crippen molar-refractivity contribution in [3.8, 4) is 0 Å². The van der Waals surface area contributed by atoms with Crippen LogP contribution in [0, 0.1) is 0 Å². The summed E-state index contributed by atoms with van der Waals surface area (Å²) < 4.78 is 37.1. The molecule has 1 aromatic carbocycles. The van der Waals surface area contributed by atoms with Crippen molar-refractivity contribution in [1.82, 2.24) is 10.0 Å². The van der Waals surface area contributed by atoms with E-state index in [1.165, 1.54) is 6.07 Å². The van der Waals surface area contributed by atoms with Crippen LogP contribution >= 0.6 is 0 Å². The molecular weight excluding hydrogens is 370 g/mol. The predicted octanol–water partition coefficient (Wildman–Crippen LogP) is 1.06. The number of rotatable bonds is 11.